The fourth-order valence-electron chi connectivity index (χ4n) is 10.9. The van der Waals surface area contributed by atoms with Crippen LogP contribution in [0.1, 0.15) is 49.9 Å². The van der Waals surface area contributed by atoms with Crippen molar-refractivity contribution in [3.05, 3.63) is 241 Å². The second-order valence-electron chi connectivity index (χ2n) is 18.6. The highest BCUT2D eigenvalue weighted by molar-refractivity contribution is 6.00. The maximum absolute atomic E-state index is 2.49. The van der Waals surface area contributed by atoms with Crippen LogP contribution in [-0.2, 0) is 10.8 Å². The molecule has 0 spiro atoms. The van der Waals surface area contributed by atoms with Crippen LogP contribution in [0.2, 0.25) is 0 Å². The molecule has 0 fully saturated rings. The van der Waals surface area contributed by atoms with E-state index in [9.17, 15) is 0 Å². The fourth-order valence-corrected chi connectivity index (χ4v) is 10.9. The molecule has 0 saturated carbocycles. The molecule has 0 bridgehead atoms. The Kier molecular flexibility index (Phi) is 8.58. The van der Waals surface area contributed by atoms with Crippen molar-refractivity contribution >= 4 is 55.7 Å². The summed E-state index contributed by atoms with van der Waals surface area (Å²) in [5, 5.41) is 4.83. The van der Waals surface area contributed by atoms with Gasteiger partial charge < -0.3 is 9.80 Å². The Morgan fingerprint density at radius 1 is 0.266 bits per heavy atom. The minimum atomic E-state index is -0.145. The molecule has 12 rings (SSSR count). The Balaban J connectivity index is 1.09. The van der Waals surface area contributed by atoms with Crippen LogP contribution in [0.5, 0.6) is 0 Å². The molecular weight excluding hydrogens is 773 g/mol. The molecular formula is C62H48N2. The molecule has 0 saturated heterocycles. The van der Waals surface area contributed by atoms with E-state index in [0.717, 1.165) is 34.1 Å². The molecule has 0 amide bonds. The second kappa shape index (κ2) is 14.4. The summed E-state index contributed by atoms with van der Waals surface area (Å²) >= 11 is 0. The standard InChI is InChI=1S/C62H48N2/c1-61(2)56-27-14-12-25-51(56)53-33-31-49(39-58(53)61)63(50-32-34-54-52-26-13-15-28-57(52)62(3,4)59(54)40-50)46-23-16-24-47(38-46)64(48-30-29-41-17-8-9-20-43(41)35-48)60-37-45-22-11-10-21-44(45)36-55(60)42-18-6-5-7-19-42/h5-40H,1-4H3. The molecule has 0 aromatic heterocycles. The summed E-state index contributed by atoms with van der Waals surface area (Å²) in [7, 11) is 0. The van der Waals surface area contributed by atoms with Gasteiger partial charge in [-0.3, -0.25) is 0 Å². The van der Waals surface area contributed by atoms with E-state index in [0.29, 0.717) is 0 Å². The van der Waals surface area contributed by atoms with Gasteiger partial charge in [-0.15, -0.1) is 0 Å². The van der Waals surface area contributed by atoms with E-state index in [1.807, 2.05) is 0 Å². The summed E-state index contributed by atoms with van der Waals surface area (Å²) in [6.45, 7) is 9.49. The van der Waals surface area contributed by atoms with Gasteiger partial charge in [0, 0.05) is 44.8 Å². The van der Waals surface area contributed by atoms with Crippen molar-refractivity contribution in [3.63, 3.8) is 0 Å². The number of hydrogen-bond donors (Lipinski definition) is 0. The average Bonchev–Trinajstić information content (AvgIpc) is 3.71. The van der Waals surface area contributed by atoms with E-state index in [1.54, 1.807) is 0 Å². The van der Waals surface area contributed by atoms with Crippen LogP contribution in [0.4, 0.5) is 34.1 Å². The molecule has 0 aliphatic heterocycles. The number of anilines is 6. The smallest absolute Gasteiger partial charge is 0.0546 e. The van der Waals surface area contributed by atoms with Crippen molar-refractivity contribution in [2.24, 2.45) is 0 Å². The zero-order chi connectivity index (χ0) is 43.2. The zero-order valence-electron chi connectivity index (χ0n) is 36.7. The van der Waals surface area contributed by atoms with Gasteiger partial charge in [0.1, 0.15) is 0 Å². The van der Waals surface area contributed by atoms with Crippen molar-refractivity contribution in [3.8, 4) is 33.4 Å². The van der Waals surface area contributed by atoms with E-state index in [-0.39, 0.29) is 10.8 Å². The van der Waals surface area contributed by atoms with Gasteiger partial charge in [0.05, 0.1) is 5.69 Å². The lowest BCUT2D eigenvalue weighted by Crippen LogP contribution is -2.18. The molecule has 0 unspecified atom stereocenters. The van der Waals surface area contributed by atoms with Gasteiger partial charge in [-0.05, 0) is 138 Å². The first-order valence-corrected chi connectivity index (χ1v) is 22.5. The lowest BCUT2D eigenvalue weighted by molar-refractivity contribution is 0.660. The minimum Gasteiger partial charge on any atom is -0.310 e. The van der Waals surface area contributed by atoms with E-state index in [4.69, 9.17) is 0 Å². The molecule has 0 radical (unpaired) electrons. The Hall–Kier alpha value is -7.68. The Morgan fingerprint density at radius 3 is 1.31 bits per heavy atom. The summed E-state index contributed by atoms with van der Waals surface area (Å²) in [6, 6.07) is 81.1. The third kappa shape index (κ3) is 5.93. The third-order valence-corrected chi connectivity index (χ3v) is 14.2. The van der Waals surface area contributed by atoms with Crippen LogP contribution in [0, 0.1) is 0 Å². The number of fused-ring (bicyclic) bond motifs is 8. The molecule has 0 atom stereocenters. The molecule has 64 heavy (non-hydrogen) atoms. The maximum atomic E-state index is 2.49. The van der Waals surface area contributed by atoms with Gasteiger partial charge in [0.2, 0.25) is 0 Å². The highest BCUT2D eigenvalue weighted by Crippen LogP contribution is 2.54. The molecule has 306 valence electrons. The van der Waals surface area contributed by atoms with Crippen molar-refractivity contribution in [2.75, 3.05) is 9.80 Å². The highest BCUT2D eigenvalue weighted by Gasteiger charge is 2.38. The van der Waals surface area contributed by atoms with Crippen LogP contribution in [0.15, 0.2) is 218 Å². The summed E-state index contributed by atoms with van der Waals surface area (Å²) < 4.78 is 0. The van der Waals surface area contributed by atoms with Crippen LogP contribution >= 0.6 is 0 Å². The van der Waals surface area contributed by atoms with Crippen LogP contribution < -0.4 is 9.80 Å². The minimum absolute atomic E-state index is 0.145. The quantitative estimate of drug-likeness (QED) is 0.158. The lowest BCUT2D eigenvalue weighted by atomic mass is 9.82. The van der Waals surface area contributed by atoms with Crippen molar-refractivity contribution in [2.45, 2.75) is 38.5 Å². The van der Waals surface area contributed by atoms with E-state index >= 15 is 0 Å². The van der Waals surface area contributed by atoms with Gasteiger partial charge in [-0.2, -0.15) is 0 Å². The average molecular weight is 821 g/mol. The third-order valence-electron chi connectivity index (χ3n) is 14.2. The first-order valence-electron chi connectivity index (χ1n) is 22.5. The molecule has 0 heterocycles. The van der Waals surface area contributed by atoms with Gasteiger partial charge in [-0.1, -0.05) is 179 Å². The van der Waals surface area contributed by atoms with Gasteiger partial charge >= 0.3 is 0 Å². The first-order chi connectivity index (χ1) is 31.2. The summed E-state index contributed by atoms with van der Waals surface area (Å²) in [6.07, 6.45) is 0. The normalized spacial score (nSPS) is 13.9. The van der Waals surface area contributed by atoms with Gasteiger partial charge in [-0.25, -0.2) is 0 Å². The predicted octanol–water partition coefficient (Wildman–Crippen LogP) is 17.2. The second-order valence-corrected chi connectivity index (χ2v) is 18.6. The summed E-state index contributed by atoms with van der Waals surface area (Å²) in [4.78, 5) is 4.95. The summed E-state index contributed by atoms with van der Waals surface area (Å²) in [5.74, 6) is 0. The molecule has 2 aliphatic carbocycles. The summed E-state index contributed by atoms with van der Waals surface area (Å²) in [5.41, 5.74) is 19.5. The van der Waals surface area contributed by atoms with Crippen molar-refractivity contribution in [1.82, 2.24) is 0 Å². The predicted molar refractivity (Wildman–Crippen MR) is 271 cm³/mol. The lowest BCUT2D eigenvalue weighted by Gasteiger charge is -2.32. The van der Waals surface area contributed by atoms with Crippen molar-refractivity contribution in [1.29, 1.82) is 0 Å². The van der Waals surface area contributed by atoms with E-state index in [1.165, 1.54) is 77.2 Å². The molecule has 2 heteroatoms. The zero-order valence-corrected chi connectivity index (χ0v) is 36.7. The Morgan fingerprint density at radius 2 is 0.703 bits per heavy atom. The van der Waals surface area contributed by atoms with Gasteiger partial charge in [0.25, 0.3) is 0 Å². The van der Waals surface area contributed by atoms with E-state index < -0.39 is 0 Å². The number of nitrogens with zero attached hydrogens (tertiary/aromatic N) is 2. The number of hydrogen-bond acceptors (Lipinski definition) is 2. The Labute approximate surface area is 376 Å². The van der Waals surface area contributed by atoms with Gasteiger partial charge in [0.15, 0.2) is 0 Å². The highest BCUT2D eigenvalue weighted by atomic mass is 15.2. The van der Waals surface area contributed by atoms with Crippen molar-refractivity contribution < 1.29 is 0 Å². The molecule has 0 N–H and O–H groups in total. The van der Waals surface area contributed by atoms with Crippen LogP contribution in [0.25, 0.3) is 54.9 Å². The number of rotatable bonds is 7. The first kappa shape index (κ1) is 38.0. The monoisotopic (exact) mass is 820 g/mol. The molecule has 2 nitrogen and oxygen atoms in total. The molecule has 2 aliphatic rings. The molecule has 10 aromatic carbocycles. The van der Waals surface area contributed by atoms with Crippen LogP contribution in [0.3, 0.4) is 0 Å². The SMILES string of the molecule is CC1(C)c2ccccc2-c2ccc(N(c3cccc(N(c4ccc5ccccc5c4)c4cc5ccccc5cc4-c4ccccc4)c3)c3ccc4c(c3)C(C)(C)c3ccccc3-4)cc21. The largest absolute Gasteiger partial charge is 0.310 e. The topological polar surface area (TPSA) is 6.48 Å². The Bertz CT molecular complexity index is 3360. The fraction of sp³-hybridized carbons (Fsp3) is 0.0968. The van der Waals surface area contributed by atoms with E-state index in [2.05, 4.69) is 256 Å². The maximum Gasteiger partial charge on any atom is 0.0546 e. The molecule has 10 aromatic rings. The van der Waals surface area contributed by atoms with Crippen LogP contribution in [-0.4, -0.2) is 0 Å². The number of benzene rings is 10.